The number of benzene rings is 1. The van der Waals surface area contributed by atoms with E-state index in [-0.39, 0.29) is 0 Å². The molecule has 1 aliphatic heterocycles. The van der Waals surface area contributed by atoms with Gasteiger partial charge in [0.1, 0.15) is 0 Å². The zero-order valence-corrected chi connectivity index (χ0v) is 12.7. The third-order valence-electron chi connectivity index (χ3n) is 4.24. The molecule has 4 heteroatoms. The van der Waals surface area contributed by atoms with Crippen molar-refractivity contribution in [3.8, 4) is 0 Å². The van der Waals surface area contributed by atoms with Crippen LogP contribution in [0.1, 0.15) is 24.8 Å². The number of fused-ring (bicyclic) bond motifs is 1. The van der Waals surface area contributed by atoms with Crippen LogP contribution in [-0.4, -0.2) is 31.8 Å². The van der Waals surface area contributed by atoms with Gasteiger partial charge in [0, 0.05) is 11.0 Å². The van der Waals surface area contributed by atoms with Crippen molar-refractivity contribution in [3.05, 3.63) is 28.2 Å². The SMILES string of the molecule is NCCc1ccc(N2CCOC3CCCC32)c(Br)c1. The Hall–Kier alpha value is -0.580. The molecule has 0 radical (unpaired) electrons. The molecule has 1 aromatic carbocycles. The summed E-state index contributed by atoms with van der Waals surface area (Å²) in [7, 11) is 0. The number of hydrogen-bond acceptors (Lipinski definition) is 3. The third kappa shape index (κ3) is 2.67. The first-order valence-electron chi connectivity index (χ1n) is 7.16. The molecule has 2 aliphatic rings. The normalized spacial score (nSPS) is 26.5. The van der Waals surface area contributed by atoms with E-state index in [1.54, 1.807) is 0 Å². The van der Waals surface area contributed by atoms with E-state index >= 15 is 0 Å². The van der Waals surface area contributed by atoms with Crippen LogP contribution in [0.15, 0.2) is 22.7 Å². The molecule has 2 atom stereocenters. The van der Waals surface area contributed by atoms with Gasteiger partial charge in [0.15, 0.2) is 0 Å². The van der Waals surface area contributed by atoms with E-state index in [4.69, 9.17) is 10.5 Å². The largest absolute Gasteiger partial charge is 0.374 e. The molecule has 19 heavy (non-hydrogen) atoms. The van der Waals surface area contributed by atoms with Crippen molar-refractivity contribution in [2.24, 2.45) is 5.73 Å². The van der Waals surface area contributed by atoms with Crippen LogP contribution in [-0.2, 0) is 11.2 Å². The molecule has 1 saturated carbocycles. The van der Waals surface area contributed by atoms with E-state index in [9.17, 15) is 0 Å². The molecule has 1 aliphatic carbocycles. The van der Waals surface area contributed by atoms with Gasteiger partial charge in [0.05, 0.1) is 24.4 Å². The number of halogens is 1. The molecule has 104 valence electrons. The lowest BCUT2D eigenvalue weighted by molar-refractivity contribution is 0.0256. The Morgan fingerprint density at radius 3 is 3.05 bits per heavy atom. The number of nitrogens with two attached hydrogens (primary N) is 1. The third-order valence-corrected chi connectivity index (χ3v) is 4.87. The highest BCUT2D eigenvalue weighted by molar-refractivity contribution is 9.10. The topological polar surface area (TPSA) is 38.5 Å². The zero-order valence-electron chi connectivity index (χ0n) is 11.1. The smallest absolute Gasteiger partial charge is 0.0779 e. The van der Waals surface area contributed by atoms with E-state index in [1.807, 2.05) is 0 Å². The lowest BCUT2D eigenvalue weighted by Crippen LogP contribution is -2.48. The second kappa shape index (κ2) is 5.81. The van der Waals surface area contributed by atoms with Crippen LogP contribution in [0, 0.1) is 0 Å². The van der Waals surface area contributed by atoms with E-state index < -0.39 is 0 Å². The van der Waals surface area contributed by atoms with E-state index in [2.05, 4.69) is 39.0 Å². The van der Waals surface area contributed by atoms with Gasteiger partial charge in [-0.3, -0.25) is 0 Å². The molecule has 1 saturated heterocycles. The summed E-state index contributed by atoms with van der Waals surface area (Å²) in [6, 6.07) is 7.20. The van der Waals surface area contributed by atoms with Crippen LogP contribution >= 0.6 is 15.9 Å². The Morgan fingerprint density at radius 2 is 2.26 bits per heavy atom. The molecular weight excluding hydrogens is 304 g/mol. The Balaban J connectivity index is 1.84. The van der Waals surface area contributed by atoms with Gasteiger partial charge in [0.25, 0.3) is 0 Å². The maximum Gasteiger partial charge on any atom is 0.0779 e. The summed E-state index contributed by atoms with van der Waals surface area (Å²) in [4.78, 5) is 2.53. The molecule has 0 spiro atoms. The van der Waals surface area contributed by atoms with Crippen molar-refractivity contribution < 1.29 is 4.74 Å². The molecule has 3 nitrogen and oxygen atoms in total. The minimum atomic E-state index is 0.435. The summed E-state index contributed by atoms with van der Waals surface area (Å²) >= 11 is 3.73. The van der Waals surface area contributed by atoms with Gasteiger partial charge in [-0.2, -0.15) is 0 Å². The number of ether oxygens (including phenoxy) is 1. The molecule has 3 rings (SSSR count). The molecule has 0 amide bonds. The highest BCUT2D eigenvalue weighted by atomic mass is 79.9. The first-order chi connectivity index (χ1) is 9.29. The van der Waals surface area contributed by atoms with Gasteiger partial charge in [-0.15, -0.1) is 0 Å². The van der Waals surface area contributed by atoms with Crippen molar-refractivity contribution in [3.63, 3.8) is 0 Å². The average Bonchev–Trinajstić information content (AvgIpc) is 2.88. The van der Waals surface area contributed by atoms with Crippen LogP contribution in [0.25, 0.3) is 0 Å². The fourth-order valence-corrected chi connectivity index (χ4v) is 3.98. The summed E-state index contributed by atoms with van der Waals surface area (Å²) < 4.78 is 7.07. The van der Waals surface area contributed by atoms with Crippen molar-refractivity contribution >= 4 is 21.6 Å². The summed E-state index contributed by atoms with van der Waals surface area (Å²) in [6.07, 6.45) is 5.12. The maximum absolute atomic E-state index is 5.88. The summed E-state index contributed by atoms with van der Waals surface area (Å²) in [5.74, 6) is 0. The number of rotatable bonds is 3. The minimum Gasteiger partial charge on any atom is -0.374 e. The lowest BCUT2D eigenvalue weighted by Gasteiger charge is -2.40. The maximum atomic E-state index is 5.88. The Labute approximate surface area is 123 Å². The molecule has 2 N–H and O–H groups in total. The molecule has 1 heterocycles. The van der Waals surface area contributed by atoms with Crippen LogP contribution < -0.4 is 10.6 Å². The van der Waals surface area contributed by atoms with Gasteiger partial charge in [-0.1, -0.05) is 6.07 Å². The first kappa shape index (κ1) is 13.4. The number of morpholine rings is 1. The van der Waals surface area contributed by atoms with E-state index in [1.165, 1.54) is 35.0 Å². The van der Waals surface area contributed by atoms with Crippen molar-refractivity contribution in [2.75, 3.05) is 24.6 Å². The highest BCUT2D eigenvalue weighted by Crippen LogP contribution is 2.36. The fourth-order valence-electron chi connectivity index (χ4n) is 3.33. The summed E-state index contributed by atoms with van der Waals surface area (Å²) in [5.41, 5.74) is 8.23. The molecule has 0 aromatic heterocycles. The average molecular weight is 325 g/mol. The second-order valence-electron chi connectivity index (χ2n) is 5.43. The Kier molecular flexibility index (Phi) is 4.10. The van der Waals surface area contributed by atoms with Crippen molar-refractivity contribution in [1.29, 1.82) is 0 Å². The fraction of sp³-hybridized carbons (Fsp3) is 0.600. The predicted octanol–water partition coefficient (Wildman–Crippen LogP) is 2.71. The summed E-state index contributed by atoms with van der Waals surface area (Å²) in [6.45, 7) is 2.54. The van der Waals surface area contributed by atoms with Crippen LogP contribution in [0.3, 0.4) is 0 Å². The quantitative estimate of drug-likeness (QED) is 0.929. The van der Waals surface area contributed by atoms with Crippen LogP contribution in [0.5, 0.6) is 0 Å². The van der Waals surface area contributed by atoms with Gasteiger partial charge in [-0.05, 0) is 65.9 Å². The van der Waals surface area contributed by atoms with Crippen molar-refractivity contribution in [1.82, 2.24) is 0 Å². The molecule has 1 aromatic rings. The number of hydrogen-bond donors (Lipinski definition) is 1. The molecule has 2 fully saturated rings. The lowest BCUT2D eigenvalue weighted by atomic mass is 10.1. The second-order valence-corrected chi connectivity index (χ2v) is 6.28. The van der Waals surface area contributed by atoms with Gasteiger partial charge < -0.3 is 15.4 Å². The van der Waals surface area contributed by atoms with Crippen LogP contribution in [0.2, 0.25) is 0 Å². The molecule has 2 unspecified atom stereocenters. The zero-order chi connectivity index (χ0) is 13.2. The molecule has 0 bridgehead atoms. The Bertz CT molecular complexity index is 452. The van der Waals surface area contributed by atoms with Gasteiger partial charge in [-0.25, -0.2) is 0 Å². The van der Waals surface area contributed by atoms with Gasteiger partial charge >= 0.3 is 0 Å². The van der Waals surface area contributed by atoms with Crippen LogP contribution in [0.4, 0.5) is 5.69 Å². The monoisotopic (exact) mass is 324 g/mol. The van der Waals surface area contributed by atoms with Crippen molar-refractivity contribution in [2.45, 2.75) is 37.8 Å². The first-order valence-corrected chi connectivity index (χ1v) is 7.95. The highest BCUT2D eigenvalue weighted by Gasteiger charge is 2.36. The van der Waals surface area contributed by atoms with E-state index in [0.717, 1.165) is 19.6 Å². The summed E-state index contributed by atoms with van der Waals surface area (Å²) in [5, 5.41) is 0. The number of anilines is 1. The molecular formula is C15H21BrN2O. The standard InChI is InChI=1S/C15H21BrN2O/c16-12-10-11(6-7-17)4-5-13(12)18-8-9-19-15-3-1-2-14(15)18/h4-5,10,14-15H,1-3,6-9,17H2. The van der Waals surface area contributed by atoms with E-state index in [0.29, 0.717) is 18.7 Å². The predicted molar refractivity (Wildman–Crippen MR) is 81.6 cm³/mol. The van der Waals surface area contributed by atoms with Gasteiger partial charge in [0.2, 0.25) is 0 Å². The number of nitrogens with zero attached hydrogens (tertiary/aromatic N) is 1. The Morgan fingerprint density at radius 1 is 1.37 bits per heavy atom. The minimum absolute atomic E-state index is 0.435.